The van der Waals surface area contributed by atoms with E-state index >= 15 is 0 Å². The number of carbonyl (C=O) groups is 1. The molecule has 98 valence electrons. The fourth-order valence-electron chi connectivity index (χ4n) is 2.13. The molecule has 1 heterocycles. The minimum absolute atomic E-state index is 0.251. The van der Waals surface area contributed by atoms with Gasteiger partial charge in [-0.2, -0.15) is 0 Å². The van der Waals surface area contributed by atoms with Crippen molar-refractivity contribution >= 4 is 16.8 Å². The van der Waals surface area contributed by atoms with Crippen molar-refractivity contribution in [2.24, 2.45) is 7.05 Å². The summed E-state index contributed by atoms with van der Waals surface area (Å²) in [6, 6.07) is 5.30. The third-order valence-corrected chi connectivity index (χ3v) is 2.97. The van der Waals surface area contributed by atoms with Crippen LogP contribution in [-0.4, -0.2) is 22.1 Å². The lowest BCUT2D eigenvalue weighted by Crippen LogP contribution is -2.23. The molecule has 4 nitrogen and oxygen atoms in total. The molecular weight excluding hydrogens is 240 g/mol. The second kappa shape index (κ2) is 5.49. The third-order valence-electron chi connectivity index (χ3n) is 2.97. The van der Waals surface area contributed by atoms with Crippen LogP contribution in [0.2, 0.25) is 0 Å². The van der Waals surface area contributed by atoms with E-state index in [0.717, 1.165) is 16.5 Å². The molecule has 0 fully saturated rings. The Morgan fingerprint density at radius 2 is 2.26 bits per heavy atom. The Labute approximate surface area is 112 Å². The summed E-state index contributed by atoms with van der Waals surface area (Å²) < 4.78 is 2.01. The summed E-state index contributed by atoms with van der Waals surface area (Å²) in [7, 11) is 1.96. The minimum Gasteiger partial charge on any atom is -0.508 e. The minimum atomic E-state index is -0.259. The van der Waals surface area contributed by atoms with Gasteiger partial charge >= 0.3 is 0 Å². The first-order valence-electron chi connectivity index (χ1n) is 6.09. The van der Waals surface area contributed by atoms with Crippen LogP contribution in [0, 0.1) is 11.8 Å². The molecule has 4 heteroatoms. The van der Waals surface area contributed by atoms with E-state index in [4.69, 9.17) is 0 Å². The number of aromatic nitrogens is 1. The molecule has 1 aromatic carbocycles. The van der Waals surface area contributed by atoms with E-state index in [-0.39, 0.29) is 11.7 Å². The van der Waals surface area contributed by atoms with Gasteiger partial charge in [-0.1, -0.05) is 5.92 Å². The lowest BCUT2D eigenvalue weighted by molar-refractivity contribution is -0.115. The number of rotatable bonds is 3. The topological polar surface area (TPSA) is 54.3 Å². The quantitative estimate of drug-likeness (QED) is 0.819. The number of carbonyl (C=O) groups excluding carboxylic acids is 1. The van der Waals surface area contributed by atoms with Gasteiger partial charge in [-0.25, -0.2) is 0 Å². The molecule has 2 aromatic rings. The van der Waals surface area contributed by atoms with Gasteiger partial charge in [0.05, 0.1) is 0 Å². The van der Waals surface area contributed by atoms with Crippen molar-refractivity contribution in [3.63, 3.8) is 0 Å². The zero-order chi connectivity index (χ0) is 13.8. The maximum Gasteiger partial charge on any atom is 0.295 e. The van der Waals surface area contributed by atoms with Crippen LogP contribution < -0.4 is 5.32 Å². The molecule has 0 atom stereocenters. The molecule has 0 bridgehead atoms. The van der Waals surface area contributed by atoms with Gasteiger partial charge in [0.2, 0.25) is 0 Å². The second-order valence-electron chi connectivity index (χ2n) is 4.35. The van der Waals surface area contributed by atoms with Gasteiger partial charge in [-0.3, -0.25) is 4.79 Å². The van der Waals surface area contributed by atoms with Gasteiger partial charge in [0.1, 0.15) is 5.75 Å². The number of nitrogens with zero attached hydrogens (tertiary/aromatic N) is 1. The number of aromatic hydroxyl groups is 1. The fourth-order valence-corrected chi connectivity index (χ4v) is 2.13. The van der Waals surface area contributed by atoms with Crippen LogP contribution in [0.4, 0.5) is 0 Å². The van der Waals surface area contributed by atoms with E-state index in [1.165, 1.54) is 0 Å². The molecule has 0 spiro atoms. The highest BCUT2D eigenvalue weighted by molar-refractivity contribution is 5.93. The number of hydrogen-bond acceptors (Lipinski definition) is 2. The molecule has 0 unspecified atom stereocenters. The molecule has 2 N–H and O–H groups in total. The van der Waals surface area contributed by atoms with E-state index in [2.05, 4.69) is 17.2 Å². The van der Waals surface area contributed by atoms with Crippen LogP contribution in [-0.2, 0) is 18.3 Å². The molecule has 2 rings (SSSR count). The summed E-state index contributed by atoms with van der Waals surface area (Å²) in [5.74, 6) is 4.99. The third kappa shape index (κ3) is 2.89. The normalized spacial score (nSPS) is 10.0. The Kier molecular flexibility index (Phi) is 3.76. The molecule has 1 amide bonds. The standard InChI is InChI=1S/C15H16N2O2/c1-3-4-15(19)16-8-7-11-10-17(2)14-6-5-12(18)9-13(11)14/h5-6,9-10,18H,7-8H2,1-2H3,(H,16,19). The van der Waals surface area contributed by atoms with Crippen molar-refractivity contribution < 1.29 is 9.90 Å². The van der Waals surface area contributed by atoms with Gasteiger partial charge in [0, 0.05) is 30.7 Å². The number of fused-ring (bicyclic) bond motifs is 1. The van der Waals surface area contributed by atoms with Crippen LogP contribution >= 0.6 is 0 Å². The van der Waals surface area contributed by atoms with Gasteiger partial charge in [-0.05, 0) is 43.0 Å². The molecule has 1 aromatic heterocycles. The lowest BCUT2D eigenvalue weighted by Gasteiger charge is -2.01. The largest absolute Gasteiger partial charge is 0.508 e. The zero-order valence-corrected chi connectivity index (χ0v) is 11.0. The van der Waals surface area contributed by atoms with E-state index in [1.807, 2.05) is 23.9 Å². The van der Waals surface area contributed by atoms with Crippen molar-refractivity contribution in [2.45, 2.75) is 13.3 Å². The SMILES string of the molecule is CC#CC(=O)NCCc1cn(C)c2ccc(O)cc12. The number of nitrogens with one attached hydrogen (secondary N) is 1. The Hall–Kier alpha value is -2.41. The predicted molar refractivity (Wildman–Crippen MR) is 74.7 cm³/mol. The average molecular weight is 256 g/mol. The van der Waals surface area contributed by atoms with Crippen LogP contribution in [0.15, 0.2) is 24.4 Å². The van der Waals surface area contributed by atoms with Crippen LogP contribution in [0.1, 0.15) is 12.5 Å². The summed E-state index contributed by atoms with van der Waals surface area (Å²) >= 11 is 0. The molecular formula is C15H16N2O2. The number of amides is 1. The first kappa shape index (κ1) is 13.0. The van der Waals surface area contributed by atoms with Gasteiger partial charge < -0.3 is 15.0 Å². The maximum absolute atomic E-state index is 11.2. The summed E-state index contributed by atoms with van der Waals surface area (Å²) in [6.45, 7) is 2.16. The van der Waals surface area contributed by atoms with Crippen LogP contribution in [0.25, 0.3) is 10.9 Å². The van der Waals surface area contributed by atoms with Crippen molar-refractivity contribution in [2.75, 3.05) is 6.54 Å². The molecule has 0 saturated carbocycles. The van der Waals surface area contributed by atoms with Gasteiger partial charge in [0.15, 0.2) is 0 Å². The number of aryl methyl sites for hydroxylation is 1. The smallest absolute Gasteiger partial charge is 0.295 e. The molecule has 0 saturated heterocycles. The highest BCUT2D eigenvalue weighted by Crippen LogP contribution is 2.24. The predicted octanol–water partition coefficient (Wildman–Crippen LogP) is 1.57. The Bertz CT molecular complexity index is 674. The van der Waals surface area contributed by atoms with Crippen LogP contribution in [0.5, 0.6) is 5.75 Å². The first-order chi connectivity index (χ1) is 9.11. The van der Waals surface area contributed by atoms with Crippen molar-refractivity contribution in [3.05, 3.63) is 30.0 Å². The Balaban J connectivity index is 2.14. The number of hydrogen-bond donors (Lipinski definition) is 2. The highest BCUT2D eigenvalue weighted by Gasteiger charge is 2.07. The molecule has 0 aliphatic carbocycles. The second-order valence-corrected chi connectivity index (χ2v) is 4.35. The summed E-state index contributed by atoms with van der Waals surface area (Å²) in [6.07, 6.45) is 2.72. The monoisotopic (exact) mass is 256 g/mol. The Morgan fingerprint density at radius 1 is 1.47 bits per heavy atom. The molecule has 0 radical (unpaired) electrons. The molecule has 19 heavy (non-hydrogen) atoms. The van der Waals surface area contributed by atoms with E-state index in [9.17, 15) is 9.90 Å². The zero-order valence-electron chi connectivity index (χ0n) is 11.0. The summed E-state index contributed by atoms with van der Waals surface area (Å²) in [5.41, 5.74) is 2.16. The van der Waals surface area contributed by atoms with Crippen molar-refractivity contribution in [1.29, 1.82) is 0 Å². The fraction of sp³-hybridized carbons (Fsp3) is 0.267. The lowest BCUT2D eigenvalue weighted by atomic mass is 10.1. The molecule has 0 aliphatic rings. The summed E-state index contributed by atoms with van der Waals surface area (Å²) in [4.78, 5) is 11.2. The Morgan fingerprint density at radius 3 is 3.00 bits per heavy atom. The number of phenols is 1. The summed E-state index contributed by atoms with van der Waals surface area (Å²) in [5, 5.41) is 13.3. The number of phenolic OH excluding ortho intramolecular Hbond substituents is 1. The highest BCUT2D eigenvalue weighted by atomic mass is 16.3. The maximum atomic E-state index is 11.2. The van der Waals surface area contributed by atoms with Crippen LogP contribution in [0.3, 0.4) is 0 Å². The van der Waals surface area contributed by atoms with Crippen molar-refractivity contribution in [3.8, 4) is 17.6 Å². The van der Waals surface area contributed by atoms with E-state index < -0.39 is 0 Å². The van der Waals surface area contributed by atoms with Gasteiger partial charge in [-0.15, -0.1) is 0 Å². The van der Waals surface area contributed by atoms with E-state index in [1.54, 1.807) is 19.1 Å². The van der Waals surface area contributed by atoms with Gasteiger partial charge in [0.25, 0.3) is 5.91 Å². The molecule has 0 aliphatic heterocycles. The first-order valence-corrected chi connectivity index (χ1v) is 6.09. The van der Waals surface area contributed by atoms with Crippen molar-refractivity contribution in [1.82, 2.24) is 9.88 Å². The number of benzene rings is 1. The average Bonchev–Trinajstić information content (AvgIpc) is 2.66. The van der Waals surface area contributed by atoms with E-state index in [0.29, 0.717) is 13.0 Å².